The summed E-state index contributed by atoms with van der Waals surface area (Å²) in [4.78, 5) is 1.78. The molecule has 1 unspecified atom stereocenters. The highest BCUT2D eigenvalue weighted by molar-refractivity contribution is 7.98. The Balaban J connectivity index is 2.41. The van der Waals surface area contributed by atoms with Crippen LogP contribution in [0.4, 0.5) is 0 Å². The summed E-state index contributed by atoms with van der Waals surface area (Å²) in [6.07, 6.45) is 0.726. The van der Waals surface area contributed by atoms with Crippen molar-refractivity contribution in [3.63, 3.8) is 0 Å². The van der Waals surface area contributed by atoms with E-state index in [0.29, 0.717) is 16.6 Å². The summed E-state index contributed by atoms with van der Waals surface area (Å²) in [5.74, 6) is 0.710. The molecule has 6 heteroatoms. The first-order valence-electron chi connectivity index (χ1n) is 4.10. The van der Waals surface area contributed by atoms with E-state index >= 15 is 0 Å². The summed E-state index contributed by atoms with van der Waals surface area (Å²) in [7, 11) is 1.14. The second-order valence-electron chi connectivity index (χ2n) is 3.47. The van der Waals surface area contributed by atoms with Crippen molar-refractivity contribution in [3.05, 3.63) is 0 Å². The summed E-state index contributed by atoms with van der Waals surface area (Å²) in [6, 6.07) is 0.0624. The third kappa shape index (κ3) is 3.21. The van der Waals surface area contributed by atoms with Gasteiger partial charge in [0.2, 0.25) is 10.2 Å². The topological polar surface area (TPSA) is 52.6 Å². The molecule has 1 fully saturated rings. The zero-order valence-corrected chi connectivity index (χ0v) is 9.45. The van der Waals surface area contributed by atoms with E-state index in [1.54, 1.807) is 4.90 Å². The van der Waals surface area contributed by atoms with E-state index in [1.807, 2.05) is 14.1 Å². The molecule has 0 radical (unpaired) electrons. The van der Waals surface area contributed by atoms with Crippen molar-refractivity contribution >= 4 is 27.5 Å². The Morgan fingerprint density at radius 2 is 2.31 bits per heavy atom. The zero-order valence-electron chi connectivity index (χ0n) is 7.82. The molecule has 1 saturated heterocycles. The summed E-state index contributed by atoms with van der Waals surface area (Å²) < 4.78 is 20.5. The van der Waals surface area contributed by atoms with Gasteiger partial charge in [0, 0.05) is 20.5 Å². The largest absolute Gasteiger partial charge is 0.355 e. The van der Waals surface area contributed by atoms with Crippen LogP contribution in [0, 0.1) is 0 Å². The Hall–Kier alpha value is -0.200. The molecule has 0 bridgehead atoms. The molecule has 1 rings (SSSR count). The Labute approximate surface area is 84.9 Å². The van der Waals surface area contributed by atoms with Gasteiger partial charge in [0.15, 0.2) is 10.9 Å². The van der Waals surface area contributed by atoms with Crippen molar-refractivity contribution in [2.24, 2.45) is 0 Å². The lowest BCUT2D eigenvalue weighted by Crippen LogP contribution is -2.42. The van der Waals surface area contributed by atoms with Crippen LogP contribution < -0.4 is 5.32 Å². The van der Waals surface area contributed by atoms with Gasteiger partial charge in [-0.15, -0.1) is 0 Å². The van der Waals surface area contributed by atoms with Crippen LogP contribution in [-0.2, 0) is 14.4 Å². The highest BCUT2D eigenvalue weighted by atomic mass is 32.3. The minimum Gasteiger partial charge on any atom is -0.355 e. The zero-order chi connectivity index (χ0) is 10.1. The van der Waals surface area contributed by atoms with Gasteiger partial charge >= 0.3 is 0 Å². The minimum atomic E-state index is -2.56. The standard InChI is InChI=1S/C7H14N2O2S2/c1-9(2)7(12)8-6-3-4-13(10,11)5-6/h6H,3-5H2,1-2H3,(H-,8,10,11,12)/p+1/t6-/m0/s1. The fourth-order valence-electron chi connectivity index (χ4n) is 1.22. The minimum absolute atomic E-state index is 0.0624. The van der Waals surface area contributed by atoms with Gasteiger partial charge in [-0.05, 0) is 12.2 Å². The molecular formula is C7H15N2O2S2+. The Kier molecular flexibility index (Phi) is 3.26. The van der Waals surface area contributed by atoms with E-state index in [1.165, 1.54) is 0 Å². The van der Waals surface area contributed by atoms with E-state index in [0.717, 1.165) is 6.42 Å². The molecule has 4 nitrogen and oxygen atoms in total. The molecule has 2 atom stereocenters. The van der Waals surface area contributed by atoms with Crippen molar-refractivity contribution in [2.75, 3.05) is 25.6 Å². The molecule has 1 heterocycles. The number of nitrogens with zero attached hydrogens (tertiary/aromatic N) is 1. The van der Waals surface area contributed by atoms with Crippen LogP contribution in [0.3, 0.4) is 0 Å². The van der Waals surface area contributed by atoms with Crippen molar-refractivity contribution in [1.82, 2.24) is 10.2 Å². The van der Waals surface area contributed by atoms with Crippen molar-refractivity contribution in [3.8, 4) is 0 Å². The van der Waals surface area contributed by atoms with Gasteiger partial charge in [-0.2, -0.15) is 4.55 Å². The van der Waals surface area contributed by atoms with Crippen molar-refractivity contribution in [1.29, 1.82) is 0 Å². The molecule has 0 aromatic carbocycles. The Morgan fingerprint density at radius 1 is 1.69 bits per heavy atom. The van der Waals surface area contributed by atoms with E-state index < -0.39 is 10.2 Å². The predicted molar refractivity (Wildman–Crippen MR) is 58.2 cm³/mol. The van der Waals surface area contributed by atoms with Crippen LogP contribution in [0.5, 0.6) is 0 Å². The molecule has 0 spiro atoms. The second-order valence-corrected chi connectivity index (χ2v) is 6.15. The van der Waals surface area contributed by atoms with E-state index in [2.05, 4.69) is 5.32 Å². The van der Waals surface area contributed by atoms with Crippen LogP contribution in [-0.4, -0.2) is 46.2 Å². The SMILES string of the molecule is CN(C)C(=S)N[C@H]1CC[S+](=O)(O)C1. The number of nitrogens with one attached hydrogen (secondary N) is 1. The Morgan fingerprint density at radius 3 is 2.69 bits per heavy atom. The molecule has 0 aromatic heterocycles. The van der Waals surface area contributed by atoms with Gasteiger partial charge in [0.05, 0.1) is 6.04 Å². The second kappa shape index (κ2) is 3.89. The maximum Gasteiger partial charge on any atom is 0.216 e. The lowest BCUT2D eigenvalue weighted by molar-refractivity contribution is 0.502. The lowest BCUT2D eigenvalue weighted by atomic mass is 10.3. The van der Waals surface area contributed by atoms with Crippen LogP contribution >= 0.6 is 12.2 Å². The molecule has 13 heavy (non-hydrogen) atoms. The molecular weight excluding hydrogens is 208 g/mol. The first kappa shape index (κ1) is 10.9. The first-order chi connectivity index (χ1) is 5.91. The van der Waals surface area contributed by atoms with E-state index in [9.17, 15) is 8.76 Å². The fourth-order valence-corrected chi connectivity index (χ4v) is 3.09. The quantitative estimate of drug-likeness (QED) is 0.490. The summed E-state index contributed by atoms with van der Waals surface area (Å²) in [5.41, 5.74) is 0. The molecule has 76 valence electrons. The molecule has 1 aliphatic rings. The highest BCUT2D eigenvalue weighted by Crippen LogP contribution is 2.16. The van der Waals surface area contributed by atoms with Gasteiger partial charge in [-0.1, -0.05) is 4.21 Å². The molecule has 1 aliphatic heterocycles. The molecule has 0 aliphatic carbocycles. The Bertz CT molecular complexity index is 255. The smallest absolute Gasteiger partial charge is 0.216 e. The maximum atomic E-state index is 11.2. The molecule has 0 amide bonds. The molecule has 2 N–H and O–H groups in total. The molecule has 0 saturated carbocycles. The number of hydrogen-bond donors (Lipinski definition) is 2. The van der Waals surface area contributed by atoms with Crippen molar-refractivity contribution in [2.45, 2.75) is 12.5 Å². The third-order valence-corrected chi connectivity index (χ3v) is 4.26. The first-order valence-corrected chi connectivity index (χ1v) is 6.37. The fraction of sp³-hybridized carbons (Fsp3) is 0.857. The predicted octanol–water partition coefficient (Wildman–Crippen LogP) is 0.167. The summed E-state index contributed by atoms with van der Waals surface area (Å²) in [5, 5.41) is 3.68. The highest BCUT2D eigenvalue weighted by Gasteiger charge is 2.38. The van der Waals surface area contributed by atoms with Crippen LogP contribution in [0.15, 0.2) is 0 Å². The van der Waals surface area contributed by atoms with Crippen LogP contribution in [0.25, 0.3) is 0 Å². The van der Waals surface area contributed by atoms with Gasteiger partial charge in [-0.3, -0.25) is 0 Å². The average molecular weight is 223 g/mol. The number of hydrogen-bond acceptors (Lipinski definition) is 2. The number of rotatable bonds is 1. The van der Waals surface area contributed by atoms with E-state index in [-0.39, 0.29) is 6.04 Å². The number of thiocarbonyl (C=S) groups is 1. The summed E-state index contributed by atoms with van der Waals surface area (Å²) >= 11 is 5.03. The van der Waals surface area contributed by atoms with Crippen LogP contribution in [0.1, 0.15) is 6.42 Å². The lowest BCUT2D eigenvalue weighted by Gasteiger charge is -2.17. The van der Waals surface area contributed by atoms with Crippen molar-refractivity contribution < 1.29 is 8.76 Å². The summed E-state index contributed by atoms with van der Waals surface area (Å²) in [6.45, 7) is 0. The average Bonchev–Trinajstić information content (AvgIpc) is 2.30. The van der Waals surface area contributed by atoms with Gasteiger partial charge in [0.1, 0.15) is 5.75 Å². The monoisotopic (exact) mass is 223 g/mol. The van der Waals surface area contributed by atoms with Gasteiger partial charge < -0.3 is 10.2 Å². The maximum absolute atomic E-state index is 11.2. The van der Waals surface area contributed by atoms with E-state index in [4.69, 9.17) is 12.2 Å². The van der Waals surface area contributed by atoms with Gasteiger partial charge in [0.25, 0.3) is 0 Å². The molecule has 0 aromatic rings. The van der Waals surface area contributed by atoms with Gasteiger partial charge in [-0.25, -0.2) is 0 Å². The van der Waals surface area contributed by atoms with Crippen LogP contribution in [0.2, 0.25) is 0 Å². The normalized spacial score (nSPS) is 33.0. The third-order valence-electron chi connectivity index (χ3n) is 1.98.